The maximum absolute atomic E-state index is 12.9. The van der Waals surface area contributed by atoms with Gasteiger partial charge in [0.2, 0.25) is 0 Å². The molecule has 0 radical (unpaired) electrons. The van der Waals surface area contributed by atoms with Crippen molar-refractivity contribution in [2.45, 2.75) is 123 Å². The molecule has 0 aromatic rings. The van der Waals surface area contributed by atoms with Gasteiger partial charge in [-0.15, -0.1) is 0 Å². The Bertz CT molecular complexity index is 714. The van der Waals surface area contributed by atoms with E-state index in [-0.39, 0.29) is 11.2 Å². The summed E-state index contributed by atoms with van der Waals surface area (Å²) in [5, 5.41) is 11.3. The lowest BCUT2D eigenvalue weighted by Crippen LogP contribution is -2.54. The summed E-state index contributed by atoms with van der Waals surface area (Å²) in [4.78, 5) is 12.9. The van der Waals surface area contributed by atoms with Gasteiger partial charge >= 0.3 is 0 Å². The van der Waals surface area contributed by atoms with Crippen molar-refractivity contribution in [2.24, 2.45) is 40.2 Å². The number of hydrogen-bond acceptors (Lipinski definition) is 3. The smallest absolute Gasteiger partial charge is 0.164 e. The molecule has 3 N–H and O–H groups in total. The van der Waals surface area contributed by atoms with E-state index in [1.54, 1.807) is 0 Å². The molecule has 3 heteroatoms. The summed E-state index contributed by atoms with van der Waals surface area (Å²) in [7, 11) is 0. The van der Waals surface area contributed by atoms with Gasteiger partial charge < -0.3 is 10.8 Å². The van der Waals surface area contributed by atoms with Crippen molar-refractivity contribution >= 4 is 5.78 Å². The predicted octanol–water partition coefficient (Wildman–Crippen LogP) is 6.18. The molecule has 0 amide bonds. The molecule has 0 aromatic carbocycles. The number of carbonyl (C=O) groups excluding carboxylic acids is 1. The Morgan fingerprint density at radius 2 is 1.90 bits per heavy atom. The van der Waals surface area contributed by atoms with Crippen molar-refractivity contribution in [3.05, 3.63) is 11.6 Å². The summed E-state index contributed by atoms with van der Waals surface area (Å²) in [6, 6.07) is 0.296. The Balaban J connectivity index is 1.49. The van der Waals surface area contributed by atoms with E-state index in [1.807, 2.05) is 0 Å². The third kappa shape index (κ3) is 3.86. The molecule has 4 rings (SSSR count). The first-order valence-electron chi connectivity index (χ1n) is 13.4. The fourth-order valence-electron chi connectivity index (χ4n) is 8.73. The molecule has 0 aliphatic heterocycles. The first-order chi connectivity index (χ1) is 14.7. The topological polar surface area (TPSA) is 63.3 Å². The van der Waals surface area contributed by atoms with Gasteiger partial charge in [-0.1, -0.05) is 51.7 Å². The Labute approximate surface area is 190 Å². The number of nitrogens with two attached hydrogens (primary N) is 1. The first kappa shape index (κ1) is 23.5. The molecular weight excluding hydrogens is 382 g/mol. The van der Waals surface area contributed by atoms with Crippen LogP contribution in [0.4, 0.5) is 0 Å². The lowest BCUT2D eigenvalue weighted by molar-refractivity contribution is -0.143. The van der Waals surface area contributed by atoms with Gasteiger partial charge in [-0.2, -0.15) is 0 Å². The van der Waals surface area contributed by atoms with Gasteiger partial charge in [-0.3, -0.25) is 4.79 Å². The summed E-state index contributed by atoms with van der Waals surface area (Å²) in [5.41, 5.74) is 7.29. The van der Waals surface area contributed by atoms with E-state index in [0.29, 0.717) is 42.6 Å². The minimum Gasteiger partial charge on any atom is -0.382 e. The number of carbonyl (C=O) groups is 1. The van der Waals surface area contributed by atoms with Crippen LogP contribution in [-0.4, -0.2) is 22.5 Å². The molecule has 0 spiro atoms. The van der Waals surface area contributed by atoms with Gasteiger partial charge in [0.1, 0.15) is 5.60 Å². The van der Waals surface area contributed by atoms with Crippen molar-refractivity contribution in [1.82, 2.24) is 0 Å². The van der Waals surface area contributed by atoms with Crippen molar-refractivity contribution < 1.29 is 9.90 Å². The number of Topliss-reactive ketones (excluding diaryl/α,β-unsaturated/α-hetero) is 1. The van der Waals surface area contributed by atoms with Crippen LogP contribution in [0.15, 0.2) is 11.6 Å². The van der Waals surface area contributed by atoms with Crippen LogP contribution in [0.25, 0.3) is 0 Å². The van der Waals surface area contributed by atoms with Crippen LogP contribution in [-0.2, 0) is 4.79 Å². The molecule has 31 heavy (non-hydrogen) atoms. The number of rotatable bonds is 7. The van der Waals surface area contributed by atoms with Crippen LogP contribution in [0.2, 0.25) is 0 Å². The predicted molar refractivity (Wildman–Crippen MR) is 128 cm³/mol. The Kier molecular flexibility index (Phi) is 6.51. The molecule has 0 saturated heterocycles. The maximum Gasteiger partial charge on any atom is 0.164 e. The van der Waals surface area contributed by atoms with Crippen molar-refractivity contribution in [1.29, 1.82) is 0 Å². The molecular formula is C28H47NO2. The van der Waals surface area contributed by atoms with E-state index >= 15 is 0 Å². The quantitative estimate of drug-likeness (QED) is 0.375. The molecule has 0 bridgehead atoms. The molecule has 3 nitrogen and oxygen atoms in total. The number of hydrogen-bond donors (Lipinski definition) is 2. The van der Waals surface area contributed by atoms with E-state index in [2.05, 4.69) is 33.8 Å². The molecule has 176 valence electrons. The van der Waals surface area contributed by atoms with Crippen LogP contribution in [0.5, 0.6) is 0 Å². The second-order valence-corrected chi connectivity index (χ2v) is 12.3. The Morgan fingerprint density at radius 1 is 1.13 bits per heavy atom. The minimum absolute atomic E-state index is 0.0977. The van der Waals surface area contributed by atoms with Gasteiger partial charge in [-0.25, -0.2) is 0 Å². The van der Waals surface area contributed by atoms with E-state index in [0.717, 1.165) is 37.5 Å². The molecule has 3 saturated carbocycles. The average molecular weight is 430 g/mol. The second kappa shape index (κ2) is 8.60. The number of ketones is 1. The van der Waals surface area contributed by atoms with E-state index in [9.17, 15) is 9.90 Å². The SMILES string of the molecule is CCCCCCC(=O)C1(O)CC[C@@]2(C)C(=CC[C@H]3[C@@H]4CC[C@H](C(C)N)[C@@]4(C)CC[C@@H]32)C1. The summed E-state index contributed by atoms with van der Waals surface area (Å²) in [6.45, 7) is 9.40. The Hall–Kier alpha value is -0.670. The average Bonchev–Trinajstić information content (AvgIpc) is 3.09. The zero-order chi connectivity index (χ0) is 22.4. The lowest BCUT2D eigenvalue weighted by Gasteiger charge is -2.59. The first-order valence-corrected chi connectivity index (χ1v) is 13.4. The highest BCUT2D eigenvalue weighted by Crippen LogP contribution is 2.67. The van der Waals surface area contributed by atoms with Crippen LogP contribution in [0, 0.1) is 34.5 Å². The zero-order valence-corrected chi connectivity index (χ0v) is 20.6. The highest BCUT2D eigenvalue weighted by atomic mass is 16.3. The van der Waals surface area contributed by atoms with E-state index < -0.39 is 5.60 Å². The third-order valence-corrected chi connectivity index (χ3v) is 10.7. The van der Waals surface area contributed by atoms with Crippen molar-refractivity contribution in [2.75, 3.05) is 0 Å². The number of fused-ring (bicyclic) bond motifs is 5. The summed E-state index contributed by atoms with van der Waals surface area (Å²) >= 11 is 0. The van der Waals surface area contributed by atoms with Crippen LogP contribution < -0.4 is 5.73 Å². The zero-order valence-electron chi connectivity index (χ0n) is 20.6. The second-order valence-electron chi connectivity index (χ2n) is 12.3. The molecule has 4 aliphatic carbocycles. The molecule has 2 unspecified atom stereocenters. The highest BCUT2D eigenvalue weighted by molar-refractivity contribution is 5.87. The standard InChI is InChI=1S/C28H47NO2/c1-5-6-7-8-9-25(30)28(31)17-16-26(3)20(18-28)10-11-21-23-13-12-22(19(2)29)27(23,4)15-14-24(21)26/h10,19,21-24,31H,5-9,11-18,29H2,1-4H3/t19?,21-,22+,23-,24-,26-,27+,28?/m0/s1. The summed E-state index contributed by atoms with van der Waals surface area (Å²) < 4.78 is 0. The number of allylic oxidation sites excluding steroid dienone is 1. The molecule has 0 heterocycles. The van der Waals surface area contributed by atoms with Crippen LogP contribution >= 0.6 is 0 Å². The number of aliphatic hydroxyl groups is 1. The van der Waals surface area contributed by atoms with Gasteiger partial charge in [0.15, 0.2) is 5.78 Å². The third-order valence-electron chi connectivity index (χ3n) is 10.7. The largest absolute Gasteiger partial charge is 0.382 e. The van der Waals surface area contributed by atoms with Crippen molar-refractivity contribution in [3.8, 4) is 0 Å². The normalized spacial score (nSPS) is 45.3. The van der Waals surface area contributed by atoms with E-state index in [1.165, 1.54) is 44.1 Å². The van der Waals surface area contributed by atoms with Gasteiger partial charge in [0, 0.05) is 18.9 Å². The lowest BCUT2D eigenvalue weighted by atomic mass is 9.46. The van der Waals surface area contributed by atoms with Gasteiger partial charge in [0.05, 0.1) is 0 Å². The van der Waals surface area contributed by atoms with Crippen LogP contribution in [0.1, 0.15) is 111 Å². The van der Waals surface area contributed by atoms with Gasteiger partial charge in [0.25, 0.3) is 0 Å². The molecule has 8 atom stereocenters. The Morgan fingerprint density at radius 3 is 2.61 bits per heavy atom. The molecule has 3 fully saturated rings. The van der Waals surface area contributed by atoms with E-state index in [4.69, 9.17) is 5.73 Å². The highest BCUT2D eigenvalue weighted by Gasteiger charge is 2.60. The van der Waals surface area contributed by atoms with Crippen molar-refractivity contribution in [3.63, 3.8) is 0 Å². The fourth-order valence-corrected chi connectivity index (χ4v) is 8.73. The number of unbranched alkanes of at least 4 members (excludes halogenated alkanes) is 3. The van der Waals surface area contributed by atoms with Crippen LogP contribution in [0.3, 0.4) is 0 Å². The summed E-state index contributed by atoms with van der Waals surface area (Å²) in [6.07, 6.45) is 16.0. The molecule has 0 aromatic heterocycles. The maximum atomic E-state index is 12.9. The molecule has 4 aliphatic rings. The monoisotopic (exact) mass is 429 g/mol. The fraction of sp³-hybridized carbons (Fsp3) is 0.893. The minimum atomic E-state index is -1.11. The summed E-state index contributed by atoms with van der Waals surface area (Å²) in [5.74, 6) is 3.02. The van der Waals surface area contributed by atoms with Gasteiger partial charge in [-0.05, 0) is 92.8 Å².